The van der Waals surface area contributed by atoms with Crippen molar-refractivity contribution in [1.82, 2.24) is 0 Å². The smallest absolute Gasteiger partial charge is 0.195 e. The van der Waals surface area contributed by atoms with Crippen LogP contribution in [0.5, 0.6) is 0 Å². The molecule has 0 bridgehead atoms. The Kier molecular flexibility index (Phi) is 2.26. The van der Waals surface area contributed by atoms with Crippen LogP contribution in [-0.2, 0) is 0 Å². The molecule has 0 saturated heterocycles. The number of rotatable bonds is 0. The predicted molar refractivity (Wildman–Crippen MR) is 59.0 cm³/mol. The lowest BCUT2D eigenvalue weighted by molar-refractivity contribution is 0.452. The fraction of sp³-hybridized carbons (Fsp3) is 0. The van der Waals surface area contributed by atoms with Crippen molar-refractivity contribution in [3.63, 3.8) is 0 Å². The Balaban J connectivity index is 2.49. The molecule has 18 heavy (non-hydrogen) atoms. The number of hydrogen-bond donors (Lipinski definition) is 0. The molecule has 3 rings (SSSR count). The first-order valence-corrected chi connectivity index (χ1v) is 5.07. The van der Waals surface area contributed by atoms with Gasteiger partial charge in [-0.25, -0.2) is 17.6 Å². The van der Waals surface area contributed by atoms with Crippen LogP contribution in [0.4, 0.5) is 17.6 Å². The first-order chi connectivity index (χ1) is 8.56. The van der Waals surface area contributed by atoms with Gasteiger partial charge in [-0.05, 0) is 34.4 Å². The van der Waals surface area contributed by atoms with Gasteiger partial charge in [0.2, 0.25) is 0 Å². The van der Waals surface area contributed by atoms with Crippen LogP contribution in [-0.4, -0.2) is 0 Å². The van der Waals surface area contributed by atoms with Gasteiger partial charge in [-0.1, -0.05) is 6.07 Å². The zero-order chi connectivity index (χ0) is 12.9. The van der Waals surface area contributed by atoms with E-state index in [2.05, 4.69) is 12.1 Å². The fourth-order valence-corrected chi connectivity index (χ4v) is 1.87. The minimum absolute atomic E-state index is 0.0962. The molecule has 0 saturated carbocycles. The maximum absolute atomic E-state index is 13.5. The second-order valence-electron chi connectivity index (χ2n) is 3.86. The number of benzene rings is 3. The molecule has 0 N–H and O–H groups in total. The van der Waals surface area contributed by atoms with Gasteiger partial charge in [0.05, 0.1) is 0 Å². The van der Waals surface area contributed by atoms with Crippen molar-refractivity contribution in [3.8, 4) is 0 Å². The van der Waals surface area contributed by atoms with Crippen molar-refractivity contribution < 1.29 is 17.6 Å². The minimum Gasteiger partial charge on any atom is -0.206 e. The molecule has 2 radical (unpaired) electrons. The summed E-state index contributed by atoms with van der Waals surface area (Å²) in [5.41, 5.74) is 0. The summed E-state index contributed by atoms with van der Waals surface area (Å²) in [6.45, 7) is 0. The van der Waals surface area contributed by atoms with Crippen LogP contribution < -0.4 is 0 Å². The van der Waals surface area contributed by atoms with Crippen LogP contribution in [0.3, 0.4) is 0 Å². The van der Waals surface area contributed by atoms with Gasteiger partial charge in [-0.3, -0.25) is 0 Å². The molecule has 3 aromatic rings. The first-order valence-electron chi connectivity index (χ1n) is 5.07. The van der Waals surface area contributed by atoms with Crippen molar-refractivity contribution >= 4 is 21.5 Å². The summed E-state index contributed by atoms with van der Waals surface area (Å²) < 4.78 is 52.6. The molecular weight excluding hydrogens is 244 g/mol. The van der Waals surface area contributed by atoms with Crippen LogP contribution in [0.15, 0.2) is 24.3 Å². The highest BCUT2D eigenvalue weighted by Crippen LogP contribution is 2.27. The van der Waals surface area contributed by atoms with Gasteiger partial charge in [0.15, 0.2) is 17.5 Å². The van der Waals surface area contributed by atoms with E-state index in [1.165, 1.54) is 24.3 Å². The van der Waals surface area contributed by atoms with Gasteiger partial charge in [0, 0.05) is 17.5 Å². The highest BCUT2D eigenvalue weighted by atomic mass is 19.2. The van der Waals surface area contributed by atoms with Crippen molar-refractivity contribution in [2.45, 2.75) is 0 Å². The van der Waals surface area contributed by atoms with E-state index in [4.69, 9.17) is 0 Å². The third-order valence-electron chi connectivity index (χ3n) is 2.72. The fourth-order valence-electron chi connectivity index (χ4n) is 1.87. The van der Waals surface area contributed by atoms with Gasteiger partial charge < -0.3 is 0 Å². The van der Waals surface area contributed by atoms with Gasteiger partial charge >= 0.3 is 0 Å². The summed E-state index contributed by atoms with van der Waals surface area (Å²) in [6.07, 6.45) is 0. The van der Waals surface area contributed by atoms with E-state index >= 15 is 0 Å². The van der Waals surface area contributed by atoms with E-state index in [1.54, 1.807) is 0 Å². The normalized spacial score (nSPS) is 11.3. The molecule has 0 amide bonds. The van der Waals surface area contributed by atoms with Gasteiger partial charge in [-0.15, -0.1) is 0 Å². The Labute approximate surface area is 99.5 Å². The molecular formula is C14H4F4. The average Bonchev–Trinajstić information content (AvgIpc) is 2.35. The lowest BCUT2D eigenvalue weighted by Gasteiger charge is -2.04. The molecule has 0 nitrogen and oxygen atoms in total. The Morgan fingerprint density at radius 3 is 2.33 bits per heavy atom. The zero-order valence-electron chi connectivity index (χ0n) is 8.82. The highest BCUT2D eigenvalue weighted by Gasteiger charge is 2.14. The first kappa shape index (κ1) is 11.0. The van der Waals surface area contributed by atoms with Gasteiger partial charge in [0.1, 0.15) is 5.82 Å². The summed E-state index contributed by atoms with van der Waals surface area (Å²) in [5.74, 6) is -4.86. The molecule has 3 aromatic carbocycles. The van der Waals surface area contributed by atoms with E-state index in [-0.39, 0.29) is 10.8 Å². The second kappa shape index (κ2) is 3.70. The van der Waals surface area contributed by atoms with Gasteiger partial charge in [0.25, 0.3) is 0 Å². The summed E-state index contributed by atoms with van der Waals surface area (Å²) in [7, 11) is 0. The molecule has 0 aliphatic rings. The molecule has 0 spiro atoms. The lowest BCUT2D eigenvalue weighted by Crippen LogP contribution is -1.93. The maximum atomic E-state index is 13.5. The minimum atomic E-state index is -1.58. The van der Waals surface area contributed by atoms with Crippen molar-refractivity contribution in [1.29, 1.82) is 0 Å². The van der Waals surface area contributed by atoms with E-state index in [0.29, 0.717) is 10.8 Å². The Hall–Kier alpha value is -2.10. The number of halogens is 4. The number of fused-ring (bicyclic) bond motifs is 2. The van der Waals surface area contributed by atoms with Crippen LogP contribution in [0.2, 0.25) is 0 Å². The largest absolute Gasteiger partial charge is 0.206 e. The van der Waals surface area contributed by atoms with E-state index in [9.17, 15) is 17.6 Å². The van der Waals surface area contributed by atoms with Crippen molar-refractivity contribution in [3.05, 3.63) is 59.7 Å². The van der Waals surface area contributed by atoms with Crippen molar-refractivity contribution in [2.24, 2.45) is 0 Å². The van der Waals surface area contributed by atoms with Gasteiger partial charge in [-0.2, -0.15) is 0 Å². The predicted octanol–water partition coefficient (Wildman–Crippen LogP) is 4.15. The molecule has 88 valence electrons. The summed E-state index contributed by atoms with van der Waals surface area (Å²) in [6, 6.07) is 9.77. The van der Waals surface area contributed by atoms with Crippen LogP contribution in [0.1, 0.15) is 0 Å². The molecule has 0 unspecified atom stereocenters. The van der Waals surface area contributed by atoms with Crippen LogP contribution in [0, 0.1) is 35.4 Å². The molecule has 0 aliphatic carbocycles. The highest BCUT2D eigenvalue weighted by molar-refractivity contribution is 5.98. The molecule has 0 aliphatic heterocycles. The summed E-state index contributed by atoms with van der Waals surface area (Å²) >= 11 is 0. The average molecular weight is 248 g/mol. The Morgan fingerprint density at radius 1 is 0.778 bits per heavy atom. The molecule has 0 heterocycles. The Morgan fingerprint density at radius 2 is 1.56 bits per heavy atom. The lowest BCUT2D eigenvalue weighted by atomic mass is 10.0. The monoisotopic (exact) mass is 248 g/mol. The topological polar surface area (TPSA) is 0 Å². The third-order valence-corrected chi connectivity index (χ3v) is 2.72. The third kappa shape index (κ3) is 1.53. The standard InChI is InChI=1S/C14H4F4/c15-10-2-1-7-3-9-6-12(16)14(18)13(17)11(9)5-8(7)4-10/h1-3,5H. The van der Waals surface area contributed by atoms with Crippen LogP contribution in [0.25, 0.3) is 21.5 Å². The maximum Gasteiger partial charge on any atom is 0.195 e. The molecule has 0 fully saturated rings. The van der Waals surface area contributed by atoms with Crippen molar-refractivity contribution in [2.75, 3.05) is 0 Å². The van der Waals surface area contributed by atoms with E-state index in [0.717, 1.165) is 0 Å². The Bertz CT molecular complexity index is 778. The van der Waals surface area contributed by atoms with E-state index in [1.807, 2.05) is 0 Å². The zero-order valence-corrected chi connectivity index (χ0v) is 8.82. The molecule has 0 atom stereocenters. The molecule has 0 aromatic heterocycles. The molecule has 4 heteroatoms. The summed E-state index contributed by atoms with van der Waals surface area (Å²) in [4.78, 5) is 0. The summed E-state index contributed by atoms with van der Waals surface area (Å²) in [5, 5.41) is 0.786. The number of hydrogen-bond acceptors (Lipinski definition) is 0. The van der Waals surface area contributed by atoms with Crippen LogP contribution >= 0.6 is 0 Å². The second-order valence-corrected chi connectivity index (χ2v) is 3.86. The van der Waals surface area contributed by atoms with E-state index < -0.39 is 23.3 Å². The SMILES string of the molecule is Fc1[c]c2cc3c(F)c(F)c(F)[c]c3cc2cc1. The quantitative estimate of drug-likeness (QED) is 0.318.